The van der Waals surface area contributed by atoms with Crippen LogP contribution in [0.3, 0.4) is 0 Å². The molecule has 2 saturated carbocycles. The number of halogens is 2. The molecule has 0 saturated heterocycles. The van der Waals surface area contributed by atoms with Crippen LogP contribution in [-0.2, 0) is 9.59 Å². The number of amides is 2. The lowest BCUT2D eigenvalue weighted by atomic mass is 9.86. The fraction of sp³-hybridized carbons (Fsp3) is 0.579. The number of hydrogen-bond donors (Lipinski definition) is 2. The molecule has 3 atom stereocenters. The summed E-state index contributed by atoms with van der Waals surface area (Å²) >= 11 is 11.8. The first-order chi connectivity index (χ1) is 12.5. The summed E-state index contributed by atoms with van der Waals surface area (Å²) in [5, 5.41) is 0.984. The number of carbonyl (C=O) groups is 2. The monoisotopic (exact) mass is 398 g/mol. The predicted octanol–water partition coefficient (Wildman–Crippen LogP) is 4.13. The van der Waals surface area contributed by atoms with Crippen LogP contribution in [0.1, 0.15) is 44.9 Å². The second kappa shape index (κ2) is 8.96. The summed E-state index contributed by atoms with van der Waals surface area (Å²) < 4.78 is 5.53. The first-order valence-corrected chi connectivity index (χ1v) is 9.92. The van der Waals surface area contributed by atoms with E-state index < -0.39 is 0 Å². The van der Waals surface area contributed by atoms with Crippen LogP contribution in [0.15, 0.2) is 18.2 Å². The highest BCUT2D eigenvalue weighted by Gasteiger charge is 2.40. The van der Waals surface area contributed by atoms with Crippen molar-refractivity contribution in [2.24, 2.45) is 17.8 Å². The minimum absolute atomic E-state index is 0.0971. The lowest BCUT2D eigenvalue weighted by Gasteiger charge is -2.20. The molecule has 2 fully saturated rings. The molecule has 2 amide bonds. The fourth-order valence-corrected chi connectivity index (χ4v) is 4.59. The number of hydrazine groups is 1. The van der Waals surface area contributed by atoms with Gasteiger partial charge in [-0.2, -0.15) is 0 Å². The summed E-state index contributed by atoms with van der Waals surface area (Å²) in [6.45, 7) is 0.355. The molecule has 0 aliphatic heterocycles. The lowest BCUT2D eigenvalue weighted by Crippen LogP contribution is -2.42. The Bertz CT molecular complexity index is 668. The van der Waals surface area contributed by atoms with Crippen molar-refractivity contribution in [2.75, 3.05) is 6.61 Å². The summed E-state index contributed by atoms with van der Waals surface area (Å²) in [5.41, 5.74) is 5.01. The van der Waals surface area contributed by atoms with Crippen molar-refractivity contribution in [3.8, 4) is 5.75 Å². The van der Waals surface area contributed by atoms with Gasteiger partial charge in [-0.1, -0.05) is 29.6 Å². The van der Waals surface area contributed by atoms with Crippen LogP contribution in [0.5, 0.6) is 5.75 Å². The van der Waals surface area contributed by atoms with Gasteiger partial charge < -0.3 is 4.74 Å². The van der Waals surface area contributed by atoms with Gasteiger partial charge in [0.25, 0.3) is 0 Å². The summed E-state index contributed by atoms with van der Waals surface area (Å²) in [4.78, 5) is 23.8. The predicted molar refractivity (Wildman–Crippen MR) is 101 cm³/mol. The van der Waals surface area contributed by atoms with Crippen molar-refractivity contribution in [1.82, 2.24) is 10.9 Å². The molecule has 0 unspecified atom stereocenters. The van der Waals surface area contributed by atoms with Crippen molar-refractivity contribution in [2.45, 2.75) is 44.9 Å². The normalized spacial score (nSPS) is 23.7. The molecule has 0 spiro atoms. The Labute approximate surface area is 163 Å². The molecule has 0 heterocycles. The first-order valence-electron chi connectivity index (χ1n) is 9.17. The average Bonchev–Trinajstić information content (AvgIpc) is 3.21. The molecule has 2 N–H and O–H groups in total. The van der Waals surface area contributed by atoms with Crippen LogP contribution < -0.4 is 15.6 Å². The maximum Gasteiger partial charge on any atom is 0.238 e. The van der Waals surface area contributed by atoms with Crippen molar-refractivity contribution < 1.29 is 14.3 Å². The summed E-state index contributed by atoms with van der Waals surface area (Å²) in [7, 11) is 0. The van der Waals surface area contributed by atoms with Crippen LogP contribution in [-0.4, -0.2) is 18.4 Å². The fourth-order valence-electron chi connectivity index (χ4n) is 4.12. The number of ether oxygens (including phenoxy) is 1. The molecule has 142 valence electrons. The van der Waals surface area contributed by atoms with E-state index in [1.54, 1.807) is 18.2 Å². The highest BCUT2D eigenvalue weighted by atomic mass is 35.5. The van der Waals surface area contributed by atoms with E-state index in [1.807, 2.05) is 0 Å². The molecule has 3 rings (SSSR count). The van der Waals surface area contributed by atoms with E-state index >= 15 is 0 Å². The maximum atomic E-state index is 12.0. The number of nitrogens with one attached hydrogen (secondary N) is 2. The van der Waals surface area contributed by atoms with Crippen LogP contribution in [0.4, 0.5) is 0 Å². The highest BCUT2D eigenvalue weighted by Crippen LogP contribution is 2.49. The molecular weight excluding hydrogens is 375 g/mol. The van der Waals surface area contributed by atoms with Crippen LogP contribution in [0.2, 0.25) is 10.0 Å². The topological polar surface area (TPSA) is 67.4 Å². The van der Waals surface area contributed by atoms with Gasteiger partial charge in [-0.05, 0) is 61.6 Å². The largest absolute Gasteiger partial charge is 0.492 e. The SMILES string of the molecule is O=C(CCCOc1ccc(Cl)cc1Cl)NNC(=O)C[C@@H]1C[C@@H]2CC[C@@H]1C2. The minimum atomic E-state index is -0.225. The molecular formula is C19H24Cl2N2O3. The van der Waals surface area contributed by atoms with Gasteiger partial charge in [0.05, 0.1) is 11.6 Å². The van der Waals surface area contributed by atoms with Gasteiger partial charge in [0.15, 0.2) is 0 Å². The zero-order valence-electron chi connectivity index (χ0n) is 14.6. The molecule has 0 radical (unpaired) electrons. The van der Waals surface area contributed by atoms with Gasteiger partial charge in [0, 0.05) is 17.9 Å². The van der Waals surface area contributed by atoms with Gasteiger partial charge in [0.2, 0.25) is 11.8 Å². The maximum absolute atomic E-state index is 12.0. The van der Waals surface area contributed by atoms with E-state index in [0.29, 0.717) is 47.1 Å². The third-order valence-electron chi connectivity index (χ3n) is 5.37. The Morgan fingerprint density at radius 3 is 2.62 bits per heavy atom. The van der Waals surface area contributed by atoms with Crippen LogP contribution >= 0.6 is 23.2 Å². The Morgan fingerprint density at radius 2 is 1.92 bits per heavy atom. The number of carbonyl (C=O) groups excluding carboxylic acids is 2. The molecule has 0 aromatic heterocycles. The molecule has 1 aromatic rings. The molecule has 7 heteroatoms. The van der Waals surface area contributed by atoms with Crippen LogP contribution in [0, 0.1) is 17.8 Å². The number of benzene rings is 1. The van der Waals surface area contributed by atoms with Gasteiger partial charge >= 0.3 is 0 Å². The number of fused-ring (bicyclic) bond motifs is 2. The van der Waals surface area contributed by atoms with Crippen molar-refractivity contribution >= 4 is 35.0 Å². The Kier molecular flexibility index (Phi) is 6.65. The Balaban J connectivity index is 1.27. The van der Waals surface area contributed by atoms with Crippen molar-refractivity contribution in [3.05, 3.63) is 28.2 Å². The third-order valence-corrected chi connectivity index (χ3v) is 5.90. The molecule has 2 aliphatic rings. The third kappa shape index (κ3) is 5.27. The number of hydrogen-bond acceptors (Lipinski definition) is 3. The highest BCUT2D eigenvalue weighted by molar-refractivity contribution is 6.35. The van der Waals surface area contributed by atoms with Gasteiger partial charge in [-0.3, -0.25) is 20.4 Å². The minimum Gasteiger partial charge on any atom is -0.492 e. The van der Waals surface area contributed by atoms with E-state index in [-0.39, 0.29) is 18.2 Å². The summed E-state index contributed by atoms with van der Waals surface area (Å²) in [5.74, 6) is 2.23. The lowest BCUT2D eigenvalue weighted by molar-refractivity contribution is -0.129. The second-order valence-corrected chi connectivity index (χ2v) is 8.11. The Morgan fingerprint density at radius 1 is 1.12 bits per heavy atom. The summed E-state index contributed by atoms with van der Waals surface area (Å²) in [6, 6.07) is 5.00. The average molecular weight is 399 g/mol. The quantitative estimate of drug-likeness (QED) is 0.535. The molecule has 1 aromatic carbocycles. The van der Waals surface area contributed by atoms with Gasteiger partial charge in [0.1, 0.15) is 5.75 Å². The van der Waals surface area contributed by atoms with Crippen molar-refractivity contribution in [3.63, 3.8) is 0 Å². The van der Waals surface area contributed by atoms with E-state index in [4.69, 9.17) is 27.9 Å². The summed E-state index contributed by atoms with van der Waals surface area (Å²) in [6.07, 6.45) is 6.32. The van der Waals surface area contributed by atoms with Crippen LogP contribution in [0.25, 0.3) is 0 Å². The van der Waals surface area contributed by atoms with E-state index in [9.17, 15) is 9.59 Å². The number of rotatable bonds is 7. The molecule has 5 nitrogen and oxygen atoms in total. The zero-order valence-corrected chi connectivity index (χ0v) is 16.1. The second-order valence-electron chi connectivity index (χ2n) is 7.26. The molecule has 26 heavy (non-hydrogen) atoms. The van der Waals surface area contributed by atoms with Gasteiger partial charge in [-0.25, -0.2) is 0 Å². The van der Waals surface area contributed by atoms with Gasteiger partial charge in [-0.15, -0.1) is 0 Å². The smallest absolute Gasteiger partial charge is 0.238 e. The molecule has 2 aliphatic carbocycles. The molecule has 2 bridgehead atoms. The van der Waals surface area contributed by atoms with Crippen molar-refractivity contribution in [1.29, 1.82) is 0 Å². The van der Waals surface area contributed by atoms with E-state index in [0.717, 1.165) is 12.3 Å². The standard InChI is InChI=1S/C19H24Cl2N2O3/c20-15-5-6-17(16(21)11-15)26-7-1-2-18(24)22-23-19(25)10-14-9-12-3-4-13(14)8-12/h5-6,11-14H,1-4,7-10H2,(H,22,24)(H,23,25)/t12-,13-,14+/m1/s1. The zero-order chi connectivity index (χ0) is 18.5. The Hall–Kier alpha value is -1.46. The van der Waals surface area contributed by atoms with E-state index in [1.165, 1.54) is 19.3 Å². The first kappa shape index (κ1) is 19.3. The van der Waals surface area contributed by atoms with E-state index in [2.05, 4.69) is 10.9 Å².